The molecule has 1 aromatic heterocycles. The number of carbonyl (C=O) groups is 2. The van der Waals surface area contributed by atoms with Crippen LogP contribution in [-0.2, 0) is 9.59 Å². The predicted octanol–water partition coefficient (Wildman–Crippen LogP) is 0.663. The highest BCUT2D eigenvalue weighted by Crippen LogP contribution is 2.22. The first-order valence-corrected chi connectivity index (χ1v) is 4.84. The highest BCUT2D eigenvalue weighted by Gasteiger charge is 2.26. The zero-order valence-corrected chi connectivity index (χ0v) is 7.63. The first kappa shape index (κ1) is 8.37. The molecule has 68 valence electrons. The fraction of sp³-hybridized carbons (Fsp3) is 0.375. The molecule has 5 heteroatoms. The van der Waals surface area contributed by atoms with Gasteiger partial charge in [0, 0.05) is 18.0 Å². The van der Waals surface area contributed by atoms with Crippen LogP contribution in [0.5, 0.6) is 0 Å². The Bertz CT molecular complexity index is 318. The largest absolute Gasteiger partial charge is 0.346 e. The van der Waals surface area contributed by atoms with Gasteiger partial charge in [-0.2, -0.15) is 0 Å². The third kappa shape index (κ3) is 1.75. The topological polar surface area (TPSA) is 59.1 Å². The first-order chi connectivity index (χ1) is 6.25. The normalized spacial score (nSPS) is 22.9. The Morgan fingerprint density at radius 2 is 2.38 bits per heavy atom. The lowest BCUT2D eigenvalue weighted by Gasteiger charge is -2.19. The minimum absolute atomic E-state index is 0.0102. The van der Waals surface area contributed by atoms with E-state index in [-0.39, 0.29) is 24.2 Å². The maximum absolute atomic E-state index is 11.1. The van der Waals surface area contributed by atoms with E-state index >= 15 is 0 Å². The summed E-state index contributed by atoms with van der Waals surface area (Å²) in [5.41, 5.74) is 0. The molecule has 0 bridgehead atoms. The molecule has 0 aromatic carbocycles. The first-order valence-electron chi connectivity index (χ1n) is 3.96. The van der Waals surface area contributed by atoms with Crippen molar-refractivity contribution in [3.8, 4) is 0 Å². The molecule has 1 N–H and O–H groups in total. The number of thiazole rings is 1. The lowest BCUT2D eigenvalue weighted by atomic mass is 10.0. The quantitative estimate of drug-likeness (QED) is 0.671. The Hall–Kier alpha value is -1.23. The fourth-order valence-corrected chi connectivity index (χ4v) is 2.02. The standard InChI is InChI=1S/C8H8N2O2S/c11-5-3-6(10-7(12)4-5)8-9-1-2-13-8/h1-2,6H,3-4H2,(H,10,12). The van der Waals surface area contributed by atoms with Crippen LogP contribution in [0.15, 0.2) is 11.6 Å². The van der Waals surface area contributed by atoms with Gasteiger partial charge in [-0.3, -0.25) is 9.59 Å². The van der Waals surface area contributed by atoms with Crippen LogP contribution < -0.4 is 5.32 Å². The van der Waals surface area contributed by atoms with Gasteiger partial charge in [-0.25, -0.2) is 4.98 Å². The number of nitrogens with zero attached hydrogens (tertiary/aromatic N) is 1. The second-order valence-electron chi connectivity index (χ2n) is 2.91. The minimum Gasteiger partial charge on any atom is -0.346 e. The summed E-state index contributed by atoms with van der Waals surface area (Å²) in [5.74, 6) is -0.208. The summed E-state index contributed by atoms with van der Waals surface area (Å²) in [6.45, 7) is 0. The van der Waals surface area contributed by atoms with Crippen molar-refractivity contribution in [2.24, 2.45) is 0 Å². The van der Waals surface area contributed by atoms with Gasteiger partial charge < -0.3 is 5.32 Å². The molecule has 1 saturated heterocycles. The number of piperidine rings is 1. The van der Waals surface area contributed by atoms with E-state index < -0.39 is 0 Å². The average Bonchev–Trinajstić information content (AvgIpc) is 2.53. The molecular formula is C8H8N2O2S. The molecule has 0 radical (unpaired) electrons. The van der Waals surface area contributed by atoms with Gasteiger partial charge in [0.05, 0.1) is 12.5 Å². The van der Waals surface area contributed by atoms with Crippen molar-refractivity contribution < 1.29 is 9.59 Å². The number of rotatable bonds is 1. The molecule has 1 aliphatic rings. The highest BCUT2D eigenvalue weighted by atomic mass is 32.1. The van der Waals surface area contributed by atoms with Crippen LogP contribution in [0.4, 0.5) is 0 Å². The summed E-state index contributed by atoms with van der Waals surface area (Å²) < 4.78 is 0. The molecule has 2 heterocycles. The Morgan fingerprint density at radius 3 is 3.00 bits per heavy atom. The van der Waals surface area contributed by atoms with Crippen molar-refractivity contribution in [1.29, 1.82) is 0 Å². The van der Waals surface area contributed by atoms with E-state index in [9.17, 15) is 9.59 Å². The Morgan fingerprint density at radius 1 is 1.54 bits per heavy atom. The van der Waals surface area contributed by atoms with Crippen molar-refractivity contribution >= 4 is 23.0 Å². The second kappa shape index (κ2) is 3.26. The molecule has 0 saturated carbocycles. The zero-order chi connectivity index (χ0) is 9.26. The van der Waals surface area contributed by atoms with Crippen LogP contribution in [0.3, 0.4) is 0 Å². The van der Waals surface area contributed by atoms with Crippen LogP contribution in [0.1, 0.15) is 23.9 Å². The van der Waals surface area contributed by atoms with Gasteiger partial charge in [0.25, 0.3) is 0 Å². The number of amides is 1. The number of hydrogen-bond acceptors (Lipinski definition) is 4. The number of ketones is 1. The van der Waals surface area contributed by atoms with Crippen molar-refractivity contribution in [2.75, 3.05) is 0 Å². The summed E-state index contributed by atoms with van der Waals surface area (Å²) in [5, 5.41) is 5.38. The van der Waals surface area contributed by atoms with Crippen LogP contribution in [0.25, 0.3) is 0 Å². The molecular weight excluding hydrogens is 188 g/mol. The van der Waals surface area contributed by atoms with Gasteiger partial charge in [-0.05, 0) is 0 Å². The van der Waals surface area contributed by atoms with E-state index in [1.807, 2.05) is 5.38 Å². The number of hydrogen-bond donors (Lipinski definition) is 1. The van der Waals surface area contributed by atoms with E-state index in [0.717, 1.165) is 5.01 Å². The SMILES string of the molecule is O=C1CC(=O)NC(c2nccs2)C1. The Labute approximate surface area is 79.0 Å². The monoisotopic (exact) mass is 196 g/mol. The van der Waals surface area contributed by atoms with Crippen molar-refractivity contribution in [3.63, 3.8) is 0 Å². The molecule has 1 unspecified atom stereocenters. The summed E-state index contributed by atoms with van der Waals surface area (Å²) in [6, 6.07) is -0.200. The van der Waals surface area contributed by atoms with E-state index in [0.29, 0.717) is 6.42 Å². The molecule has 1 atom stereocenters. The van der Waals surface area contributed by atoms with Gasteiger partial charge in [-0.1, -0.05) is 0 Å². The lowest BCUT2D eigenvalue weighted by Crippen LogP contribution is -2.36. The molecule has 1 aliphatic heterocycles. The predicted molar refractivity (Wildman–Crippen MR) is 47.2 cm³/mol. The van der Waals surface area contributed by atoms with E-state index in [1.165, 1.54) is 11.3 Å². The van der Waals surface area contributed by atoms with Crippen molar-refractivity contribution in [3.05, 3.63) is 16.6 Å². The summed E-state index contributed by atoms with van der Waals surface area (Å²) in [4.78, 5) is 26.2. The number of nitrogens with one attached hydrogen (secondary N) is 1. The highest BCUT2D eigenvalue weighted by molar-refractivity contribution is 7.09. The molecule has 0 aliphatic carbocycles. The fourth-order valence-electron chi connectivity index (χ4n) is 1.33. The third-order valence-corrected chi connectivity index (χ3v) is 2.76. The van der Waals surface area contributed by atoms with E-state index in [4.69, 9.17) is 0 Å². The molecule has 13 heavy (non-hydrogen) atoms. The summed E-state index contributed by atoms with van der Waals surface area (Å²) >= 11 is 1.46. The maximum atomic E-state index is 11.1. The number of carbonyl (C=O) groups excluding carboxylic acids is 2. The van der Waals surface area contributed by atoms with E-state index in [2.05, 4.69) is 10.3 Å². The van der Waals surface area contributed by atoms with Gasteiger partial charge >= 0.3 is 0 Å². The summed E-state index contributed by atoms with van der Waals surface area (Å²) in [6.07, 6.45) is 2.06. The zero-order valence-electron chi connectivity index (χ0n) is 6.82. The van der Waals surface area contributed by atoms with Crippen molar-refractivity contribution in [1.82, 2.24) is 10.3 Å². The molecule has 1 aromatic rings. The van der Waals surface area contributed by atoms with Gasteiger partial charge in [0.2, 0.25) is 5.91 Å². The van der Waals surface area contributed by atoms with Gasteiger partial charge in [-0.15, -0.1) is 11.3 Å². The minimum atomic E-state index is -0.200. The van der Waals surface area contributed by atoms with E-state index in [1.54, 1.807) is 6.20 Å². The maximum Gasteiger partial charge on any atom is 0.228 e. The molecule has 2 rings (SSSR count). The smallest absolute Gasteiger partial charge is 0.228 e. The van der Waals surface area contributed by atoms with Crippen LogP contribution in [0, 0.1) is 0 Å². The number of aromatic nitrogens is 1. The Kier molecular flexibility index (Phi) is 2.10. The third-order valence-electron chi connectivity index (χ3n) is 1.87. The van der Waals surface area contributed by atoms with Crippen LogP contribution >= 0.6 is 11.3 Å². The van der Waals surface area contributed by atoms with Crippen LogP contribution in [0.2, 0.25) is 0 Å². The number of Topliss-reactive ketones (excluding diaryl/α,β-unsaturated/α-hetero) is 1. The molecule has 1 amide bonds. The van der Waals surface area contributed by atoms with Crippen LogP contribution in [-0.4, -0.2) is 16.7 Å². The average molecular weight is 196 g/mol. The molecule has 4 nitrogen and oxygen atoms in total. The summed E-state index contributed by atoms with van der Waals surface area (Å²) in [7, 11) is 0. The Balaban J connectivity index is 2.16. The molecule has 0 spiro atoms. The van der Waals surface area contributed by atoms with Gasteiger partial charge in [0.15, 0.2) is 0 Å². The lowest BCUT2D eigenvalue weighted by molar-refractivity contribution is -0.132. The second-order valence-corrected chi connectivity index (χ2v) is 3.84. The molecule has 1 fully saturated rings. The van der Waals surface area contributed by atoms with Gasteiger partial charge in [0.1, 0.15) is 10.8 Å². The van der Waals surface area contributed by atoms with Crippen molar-refractivity contribution in [2.45, 2.75) is 18.9 Å².